The molecule has 3 aromatic carbocycles. The van der Waals surface area contributed by atoms with Crippen molar-refractivity contribution >= 4 is 52.8 Å². The lowest BCUT2D eigenvalue weighted by molar-refractivity contribution is -0.723. The third-order valence-corrected chi connectivity index (χ3v) is 11.5. The molecular formula is C45H42N7O12+. The van der Waals surface area contributed by atoms with Gasteiger partial charge in [-0.05, 0) is 42.3 Å². The van der Waals surface area contributed by atoms with E-state index in [2.05, 4.69) is 20.3 Å². The number of rotatable bonds is 11. The van der Waals surface area contributed by atoms with E-state index in [1.54, 1.807) is 60.8 Å². The molecule has 2 bridgehead atoms. The first kappa shape index (κ1) is 42.3. The molecule has 1 amide bonds. The Bertz CT molecular complexity index is 2670. The molecule has 8 atom stereocenters. The molecule has 4 aliphatic heterocycles. The Morgan fingerprint density at radius 2 is 1.78 bits per heavy atom. The van der Waals surface area contributed by atoms with Gasteiger partial charge in [-0.2, -0.15) is 4.99 Å². The molecule has 4 aromatic rings. The number of allylic oxidation sites excluding steroid dienone is 1. The number of aliphatic hydroxyl groups is 3. The van der Waals surface area contributed by atoms with Crippen molar-refractivity contribution < 1.29 is 63.1 Å². The third-order valence-electron chi connectivity index (χ3n) is 11.5. The van der Waals surface area contributed by atoms with Crippen molar-refractivity contribution in [3.63, 3.8) is 0 Å². The van der Waals surface area contributed by atoms with E-state index in [9.17, 15) is 34.5 Å². The van der Waals surface area contributed by atoms with Gasteiger partial charge in [0.15, 0.2) is 29.7 Å². The monoisotopic (exact) mass is 872 g/mol. The maximum atomic E-state index is 14.6. The SMILES string of the molecule is N=C1N=C2C(=NC[NH+]2c2ccccc2C2C=COCC3OC(Oc4c2cc2c(c4OCC(O)CC=O)C(=O)c4ccccc4C2=O)C(OCCc2ccnc(N)c2)C(O)C3O)C(=O)N1. The molecule has 19 nitrogen and oxygen atoms in total. The maximum absolute atomic E-state index is 14.6. The number of nitrogen functional groups attached to an aromatic ring is 1. The highest BCUT2D eigenvalue weighted by molar-refractivity contribution is 6.68. The van der Waals surface area contributed by atoms with Crippen molar-refractivity contribution in [2.24, 2.45) is 9.98 Å². The summed E-state index contributed by atoms with van der Waals surface area (Å²) < 4.78 is 31.7. The Hall–Kier alpha value is -7.00. The number of quaternary nitrogens is 1. The number of ketones is 2. The summed E-state index contributed by atoms with van der Waals surface area (Å²) in [6.45, 7) is -0.763. The van der Waals surface area contributed by atoms with E-state index in [1.165, 1.54) is 24.5 Å². The summed E-state index contributed by atoms with van der Waals surface area (Å²) in [6, 6.07) is 18.4. The first-order chi connectivity index (χ1) is 31.0. The Kier molecular flexibility index (Phi) is 11.7. The number of fused-ring (bicyclic) bond motifs is 6. The van der Waals surface area contributed by atoms with Gasteiger partial charge in [0, 0.05) is 46.4 Å². The number of carbonyl (C=O) groups is 4. The minimum Gasteiger partial charge on any atom is -0.499 e. The van der Waals surface area contributed by atoms with Gasteiger partial charge >= 0.3 is 0 Å². The summed E-state index contributed by atoms with van der Waals surface area (Å²) in [4.78, 5) is 66.9. The topological polar surface area (TPSA) is 279 Å². The van der Waals surface area contributed by atoms with E-state index in [-0.39, 0.29) is 83.1 Å². The first-order valence-corrected chi connectivity index (χ1v) is 20.4. The smallest absolute Gasteiger partial charge is 0.284 e. The summed E-state index contributed by atoms with van der Waals surface area (Å²) in [7, 11) is 0. The fraction of sp³-hybridized carbons (Fsp3) is 0.289. The van der Waals surface area contributed by atoms with Gasteiger partial charge in [0.2, 0.25) is 18.0 Å². The molecule has 5 heterocycles. The zero-order chi connectivity index (χ0) is 44.6. The van der Waals surface area contributed by atoms with Crippen LogP contribution in [-0.4, -0.2) is 125 Å². The highest BCUT2D eigenvalue weighted by atomic mass is 16.7. The highest BCUT2D eigenvalue weighted by Crippen LogP contribution is 2.48. The van der Waals surface area contributed by atoms with Crippen LogP contribution < -0.4 is 25.4 Å². The first-order valence-electron chi connectivity index (χ1n) is 20.4. The second kappa shape index (κ2) is 17.6. The number of aliphatic imine (C=N–C) groups is 2. The van der Waals surface area contributed by atoms with Crippen LogP contribution in [0, 0.1) is 5.41 Å². The van der Waals surface area contributed by atoms with Gasteiger partial charge in [-0.3, -0.25) is 25.1 Å². The number of nitrogens with one attached hydrogen (secondary N) is 3. The number of hydrogen-bond donors (Lipinski definition) is 7. The van der Waals surface area contributed by atoms with Gasteiger partial charge in [-0.15, -0.1) is 0 Å². The second-order valence-electron chi connectivity index (χ2n) is 15.6. The number of nitrogens with two attached hydrogens (primary N) is 1. The molecule has 19 heteroatoms. The number of aldehydes is 1. The molecule has 0 radical (unpaired) electrons. The number of para-hydroxylation sites is 1. The van der Waals surface area contributed by atoms with Crippen LogP contribution >= 0.6 is 0 Å². The van der Waals surface area contributed by atoms with Crippen molar-refractivity contribution in [3.05, 3.63) is 124 Å². The van der Waals surface area contributed by atoms with Gasteiger partial charge in [-0.25, -0.2) is 14.9 Å². The van der Waals surface area contributed by atoms with Gasteiger partial charge < -0.3 is 49.5 Å². The number of amidine groups is 1. The summed E-state index contributed by atoms with van der Waals surface area (Å²) in [5.41, 5.74) is 8.05. The minimum absolute atomic E-state index is 0.00997. The van der Waals surface area contributed by atoms with E-state index in [0.717, 1.165) is 5.56 Å². The van der Waals surface area contributed by atoms with Crippen LogP contribution in [0.1, 0.15) is 60.9 Å². The Morgan fingerprint density at radius 3 is 2.58 bits per heavy atom. The molecule has 1 aliphatic carbocycles. The molecule has 0 spiro atoms. The molecule has 64 heavy (non-hydrogen) atoms. The van der Waals surface area contributed by atoms with Gasteiger partial charge in [0.25, 0.3) is 11.7 Å². The molecule has 0 saturated carbocycles. The van der Waals surface area contributed by atoms with Crippen LogP contribution in [0.4, 0.5) is 11.5 Å². The van der Waals surface area contributed by atoms with Gasteiger partial charge in [0.1, 0.15) is 55.4 Å². The van der Waals surface area contributed by atoms with E-state index >= 15 is 0 Å². The van der Waals surface area contributed by atoms with Crippen molar-refractivity contribution in [1.82, 2.24) is 10.3 Å². The predicted molar refractivity (Wildman–Crippen MR) is 225 cm³/mol. The molecule has 8 N–H and O–H groups in total. The van der Waals surface area contributed by atoms with Crippen molar-refractivity contribution in [1.29, 1.82) is 5.41 Å². The second-order valence-corrected chi connectivity index (χ2v) is 15.6. The van der Waals surface area contributed by atoms with Crippen LogP contribution in [0.15, 0.2) is 95.2 Å². The maximum Gasteiger partial charge on any atom is 0.284 e. The Balaban J connectivity index is 1.24. The normalized spacial score (nSPS) is 25.1. The summed E-state index contributed by atoms with van der Waals surface area (Å²) >= 11 is 0. The molecule has 1 saturated heterocycles. The number of pyridine rings is 1. The number of guanidine groups is 1. The standard InChI is InChI=1S/C45H41N7O12/c46-32-17-22(9-13-48-32)11-16-61-41-38(58)37(57)31-20-60-15-12-24(25-5-3-4-8-30(25)52-21-49-34-42(52)50-45(47)51-43(34)59)28-18-29-33(36(56)27-7-2-1-6-26(27)35(29)55)40(39(28)64-44(41)63-31)62-19-23(54)10-14-53/h1-9,12-15,17-18,23-24,31,37-38,41,44,54,57-58H,10-11,16,19-21H2,(H2,46,48)(H2,47,51,59)/p+1. The molecule has 1 fully saturated rings. The fourth-order valence-electron chi connectivity index (χ4n) is 8.44. The highest BCUT2D eigenvalue weighted by Gasteiger charge is 2.49. The Morgan fingerprint density at radius 1 is 1.00 bits per heavy atom. The van der Waals surface area contributed by atoms with Gasteiger partial charge in [0.05, 0.1) is 24.5 Å². The number of benzene rings is 3. The molecule has 1 aromatic heterocycles. The summed E-state index contributed by atoms with van der Waals surface area (Å²) in [5.74, 6) is -2.90. The number of ether oxygens (including phenoxy) is 5. The van der Waals surface area contributed by atoms with Crippen LogP contribution in [0.3, 0.4) is 0 Å². The largest absolute Gasteiger partial charge is 0.499 e. The van der Waals surface area contributed by atoms with E-state index in [1.807, 2.05) is 0 Å². The van der Waals surface area contributed by atoms with Crippen LogP contribution in [0.2, 0.25) is 0 Å². The Labute approximate surface area is 364 Å². The minimum atomic E-state index is -1.61. The average Bonchev–Trinajstić information content (AvgIpc) is 3.70. The number of aromatic nitrogens is 1. The average molecular weight is 873 g/mol. The van der Waals surface area contributed by atoms with Crippen molar-refractivity contribution in [2.45, 2.75) is 55.6 Å². The lowest BCUT2D eigenvalue weighted by Gasteiger charge is -2.42. The van der Waals surface area contributed by atoms with Gasteiger partial charge in [-0.1, -0.05) is 42.5 Å². The lowest BCUT2D eigenvalue weighted by Crippen LogP contribution is -3.09. The number of nitrogens with zero attached hydrogens (tertiary/aromatic N) is 3. The quantitative estimate of drug-likeness (QED) is 0.0880. The predicted octanol–water partition coefficient (Wildman–Crippen LogP) is 0.289. The molecule has 8 unspecified atom stereocenters. The van der Waals surface area contributed by atoms with Crippen LogP contribution in [0.25, 0.3) is 0 Å². The fourth-order valence-corrected chi connectivity index (χ4v) is 8.44. The molecule has 5 aliphatic rings. The van der Waals surface area contributed by atoms with Crippen molar-refractivity contribution in [3.8, 4) is 11.5 Å². The van der Waals surface area contributed by atoms with E-state index in [0.29, 0.717) is 34.7 Å². The van der Waals surface area contributed by atoms with Crippen LogP contribution in [-0.2, 0) is 30.2 Å². The summed E-state index contributed by atoms with van der Waals surface area (Å²) in [6.07, 6.45) is -3.49. The number of amides is 1. The van der Waals surface area contributed by atoms with Crippen LogP contribution in [0.5, 0.6) is 11.5 Å². The molecule has 328 valence electrons. The number of hydrogen-bond acceptors (Lipinski definition) is 16. The number of aliphatic hydroxyl groups excluding tert-OH is 3. The van der Waals surface area contributed by atoms with Crippen molar-refractivity contribution in [2.75, 3.05) is 32.2 Å². The zero-order valence-corrected chi connectivity index (χ0v) is 33.9. The number of anilines is 1. The molecular weight excluding hydrogens is 831 g/mol. The summed E-state index contributed by atoms with van der Waals surface area (Å²) in [5, 5.41) is 44.4. The zero-order valence-electron chi connectivity index (χ0n) is 33.9. The lowest BCUT2D eigenvalue weighted by atomic mass is 9.79. The van der Waals surface area contributed by atoms with E-state index in [4.69, 9.17) is 34.8 Å². The molecule has 9 rings (SSSR count). The third kappa shape index (κ3) is 7.84. The van der Waals surface area contributed by atoms with E-state index < -0.39 is 66.8 Å². The number of carbonyl (C=O) groups excluding carboxylic acids is 4.